The third-order valence-corrected chi connectivity index (χ3v) is 11.3. The molecule has 0 nitrogen and oxygen atoms in total. The molecular weight excluding hydrogens is 239 g/mol. The normalized spacial score (nSPS) is 14.2. The van der Waals surface area contributed by atoms with Crippen LogP contribution in [0.1, 0.15) is 8.81 Å². The van der Waals surface area contributed by atoms with Crippen LogP contribution in [0.4, 0.5) is 0 Å². The summed E-state index contributed by atoms with van der Waals surface area (Å²) in [6, 6.07) is 10.9. The molecule has 0 saturated carbocycles. The van der Waals surface area contributed by atoms with Crippen molar-refractivity contribution in [3.63, 3.8) is 0 Å². The number of rotatable bonds is 2. The van der Waals surface area contributed by atoms with E-state index in [9.17, 15) is 0 Å². The Labute approximate surface area is 91.2 Å². The van der Waals surface area contributed by atoms with Crippen molar-refractivity contribution < 1.29 is 24.7 Å². The Morgan fingerprint density at radius 1 is 1.08 bits per heavy atom. The fraction of sp³-hybridized carbons (Fsp3) is 0.400. The molecule has 0 aliphatic rings. The minimum absolute atomic E-state index is 0.853. The first-order valence-electron chi connectivity index (χ1n) is 4.28. The van der Waals surface area contributed by atoms with Crippen LogP contribution in [0.15, 0.2) is 30.3 Å². The molecule has 0 aliphatic heterocycles. The molecule has 1 unspecified atom stereocenters. The minimum atomic E-state index is -0.961. The number of hydrogen-bond donors (Lipinski definition) is 0. The average Bonchev–Trinajstić information content (AvgIpc) is 2.03. The van der Waals surface area contributed by atoms with Gasteiger partial charge in [0.15, 0.2) is 0 Å². The molecule has 0 amide bonds. The molecule has 0 fully saturated rings. The second-order valence-electron chi connectivity index (χ2n) is 4.21. The molecule has 1 aromatic rings. The molecule has 63 valence electrons. The van der Waals surface area contributed by atoms with Crippen LogP contribution in [0.2, 0.25) is 19.6 Å². The Morgan fingerprint density at radius 2 is 1.58 bits per heavy atom. The molecule has 0 N–H and O–H groups in total. The van der Waals surface area contributed by atoms with Crippen LogP contribution in [-0.2, 0) is 24.7 Å². The number of benzene rings is 1. The predicted molar refractivity (Wildman–Crippen MR) is 52.5 cm³/mol. The van der Waals surface area contributed by atoms with E-state index in [1.165, 1.54) is 5.56 Å². The molecule has 0 heterocycles. The van der Waals surface area contributed by atoms with Gasteiger partial charge in [0, 0.05) is 0 Å². The summed E-state index contributed by atoms with van der Waals surface area (Å²) in [6.45, 7) is 7.33. The van der Waals surface area contributed by atoms with Gasteiger partial charge in [0.1, 0.15) is 0 Å². The van der Waals surface area contributed by atoms with Gasteiger partial charge in [-0.2, -0.15) is 0 Å². The van der Waals surface area contributed by atoms with Gasteiger partial charge >= 0.3 is 91.6 Å². The van der Waals surface area contributed by atoms with Gasteiger partial charge in [-0.05, 0) is 0 Å². The Bertz CT molecular complexity index is 238. The van der Waals surface area contributed by atoms with Gasteiger partial charge < -0.3 is 0 Å². The van der Waals surface area contributed by atoms with Gasteiger partial charge in [-0.25, -0.2) is 0 Å². The molecule has 0 saturated heterocycles. The summed E-state index contributed by atoms with van der Waals surface area (Å²) in [5.74, 6) is 0. The summed E-state index contributed by atoms with van der Waals surface area (Å²) < 4.78 is 0.853. The van der Waals surface area contributed by atoms with Crippen molar-refractivity contribution in [2.45, 2.75) is 22.9 Å². The SMILES string of the molecule is C[Si](C)(C)[CH]([Zr])c1ccccc1. The van der Waals surface area contributed by atoms with Crippen molar-refractivity contribution in [2.24, 2.45) is 0 Å². The van der Waals surface area contributed by atoms with Crippen molar-refractivity contribution >= 4 is 8.07 Å². The van der Waals surface area contributed by atoms with E-state index in [2.05, 4.69) is 50.0 Å². The van der Waals surface area contributed by atoms with Crippen LogP contribution in [0.25, 0.3) is 0 Å². The zero-order chi connectivity index (χ0) is 9.19. The van der Waals surface area contributed by atoms with E-state index in [4.69, 9.17) is 0 Å². The molecule has 1 rings (SSSR count). The molecular formula is C10H15SiZr. The molecule has 2 heteroatoms. The molecule has 1 atom stereocenters. The van der Waals surface area contributed by atoms with Crippen molar-refractivity contribution in [2.75, 3.05) is 0 Å². The quantitative estimate of drug-likeness (QED) is 0.711. The average molecular weight is 255 g/mol. The summed E-state index contributed by atoms with van der Waals surface area (Å²) in [5, 5.41) is 0. The summed E-state index contributed by atoms with van der Waals surface area (Å²) in [4.78, 5) is 0. The molecule has 0 bridgehead atoms. The van der Waals surface area contributed by atoms with Gasteiger partial charge in [0.2, 0.25) is 0 Å². The maximum atomic E-state index is 2.44. The van der Waals surface area contributed by atoms with Crippen molar-refractivity contribution in [3.8, 4) is 0 Å². The Morgan fingerprint density at radius 3 is 2.00 bits per heavy atom. The molecule has 0 radical (unpaired) electrons. The topological polar surface area (TPSA) is 0 Å². The Balaban J connectivity index is 2.86. The number of hydrogen-bond acceptors (Lipinski definition) is 0. The monoisotopic (exact) mass is 253 g/mol. The summed E-state index contributed by atoms with van der Waals surface area (Å²) >= 11 is 1.67. The predicted octanol–water partition coefficient (Wildman–Crippen LogP) is 3.15. The van der Waals surface area contributed by atoms with Gasteiger partial charge in [0.25, 0.3) is 0 Å². The molecule has 0 spiro atoms. The van der Waals surface area contributed by atoms with Crippen molar-refractivity contribution in [1.29, 1.82) is 0 Å². The fourth-order valence-electron chi connectivity index (χ4n) is 1.15. The first-order chi connectivity index (χ1) is 5.52. The van der Waals surface area contributed by atoms with E-state index in [0.717, 1.165) is 3.25 Å². The molecule has 1 aromatic carbocycles. The third kappa shape index (κ3) is 2.67. The Kier molecular flexibility index (Phi) is 3.48. The molecule has 12 heavy (non-hydrogen) atoms. The van der Waals surface area contributed by atoms with Crippen LogP contribution >= 0.6 is 0 Å². The fourth-order valence-corrected chi connectivity index (χ4v) is 2.81. The van der Waals surface area contributed by atoms with E-state index in [1.807, 2.05) is 0 Å². The summed E-state index contributed by atoms with van der Waals surface area (Å²) in [5.41, 5.74) is 1.54. The maximum absolute atomic E-state index is 2.44. The van der Waals surface area contributed by atoms with E-state index in [-0.39, 0.29) is 0 Å². The van der Waals surface area contributed by atoms with Crippen LogP contribution in [0.5, 0.6) is 0 Å². The first-order valence-corrected chi connectivity index (χ1v) is 9.27. The van der Waals surface area contributed by atoms with Crippen LogP contribution < -0.4 is 0 Å². The van der Waals surface area contributed by atoms with Gasteiger partial charge in [0.05, 0.1) is 0 Å². The van der Waals surface area contributed by atoms with E-state index in [0.29, 0.717) is 0 Å². The van der Waals surface area contributed by atoms with Gasteiger partial charge in [-0.3, -0.25) is 0 Å². The summed E-state index contributed by atoms with van der Waals surface area (Å²) in [6.07, 6.45) is 0. The second-order valence-corrected chi connectivity index (χ2v) is 12.4. The van der Waals surface area contributed by atoms with Crippen LogP contribution in [0, 0.1) is 0 Å². The van der Waals surface area contributed by atoms with E-state index in [1.54, 1.807) is 24.7 Å². The first kappa shape index (κ1) is 10.4. The zero-order valence-electron chi connectivity index (χ0n) is 7.96. The van der Waals surface area contributed by atoms with Crippen molar-refractivity contribution in [3.05, 3.63) is 35.9 Å². The zero-order valence-corrected chi connectivity index (χ0v) is 11.4. The third-order valence-electron chi connectivity index (χ3n) is 2.00. The van der Waals surface area contributed by atoms with E-state index >= 15 is 0 Å². The van der Waals surface area contributed by atoms with Crippen molar-refractivity contribution in [1.82, 2.24) is 0 Å². The molecule has 0 aromatic heterocycles. The van der Waals surface area contributed by atoms with Gasteiger partial charge in [-0.15, -0.1) is 0 Å². The standard InChI is InChI=1S/C10H15Si.Zr/c1-11(2,3)9-10-7-5-4-6-8-10;/h4-9H,1-3H3;. The van der Waals surface area contributed by atoms with Crippen LogP contribution in [-0.4, -0.2) is 8.07 Å². The summed E-state index contributed by atoms with van der Waals surface area (Å²) in [7, 11) is -0.961. The van der Waals surface area contributed by atoms with Gasteiger partial charge in [-0.1, -0.05) is 0 Å². The van der Waals surface area contributed by atoms with Crippen LogP contribution in [0.3, 0.4) is 0 Å². The Hall–Kier alpha value is 0.320. The second kappa shape index (κ2) is 4.02. The van der Waals surface area contributed by atoms with E-state index < -0.39 is 8.07 Å². The molecule has 0 aliphatic carbocycles.